The van der Waals surface area contributed by atoms with E-state index in [0.717, 1.165) is 37.4 Å². The number of nitrogens with zero attached hydrogens (tertiary/aromatic N) is 5. The Hall–Kier alpha value is -3.33. The van der Waals surface area contributed by atoms with Gasteiger partial charge in [0.15, 0.2) is 11.5 Å². The number of aryl methyl sites for hydroxylation is 1. The lowest BCUT2D eigenvalue weighted by Crippen LogP contribution is -2.20. The highest BCUT2D eigenvalue weighted by atomic mass is 19.1. The number of aliphatic hydroxyl groups excluding tert-OH is 1. The summed E-state index contributed by atoms with van der Waals surface area (Å²) in [4.78, 5) is 8.84. The van der Waals surface area contributed by atoms with Crippen molar-refractivity contribution in [3.8, 4) is 11.3 Å². The van der Waals surface area contributed by atoms with Gasteiger partial charge in [-0.1, -0.05) is 0 Å². The Morgan fingerprint density at radius 2 is 1.91 bits per heavy atom. The normalized spacial score (nSPS) is 18.9. The minimum atomic E-state index is -0.650. The fraction of sp³-hybridized carbons (Fsp3) is 0.348. The second-order valence-electron chi connectivity index (χ2n) is 8.39. The summed E-state index contributed by atoms with van der Waals surface area (Å²) in [6, 6.07) is 2.69. The van der Waals surface area contributed by atoms with Gasteiger partial charge in [-0.2, -0.15) is 5.10 Å². The van der Waals surface area contributed by atoms with Crippen LogP contribution in [0.15, 0.2) is 43.1 Å². The van der Waals surface area contributed by atoms with E-state index in [1.807, 2.05) is 10.9 Å². The molecule has 4 aromatic rings. The Kier molecular flexibility index (Phi) is 5.34. The molecule has 32 heavy (non-hydrogen) atoms. The molecule has 1 aliphatic rings. The van der Waals surface area contributed by atoms with Crippen LogP contribution in [0.5, 0.6) is 0 Å². The number of halogens is 2. The van der Waals surface area contributed by atoms with E-state index in [-0.39, 0.29) is 12.2 Å². The Morgan fingerprint density at radius 1 is 1.09 bits per heavy atom. The highest BCUT2D eigenvalue weighted by Crippen LogP contribution is 2.33. The fourth-order valence-electron chi connectivity index (χ4n) is 4.39. The van der Waals surface area contributed by atoms with E-state index in [2.05, 4.69) is 20.4 Å². The average Bonchev–Trinajstić information content (AvgIpc) is 3.47. The highest BCUT2D eigenvalue weighted by molar-refractivity contribution is 5.74. The highest BCUT2D eigenvalue weighted by Gasteiger charge is 2.22. The first-order valence-corrected chi connectivity index (χ1v) is 10.7. The van der Waals surface area contributed by atoms with Crippen molar-refractivity contribution >= 4 is 17.2 Å². The van der Waals surface area contributed by atoms with Crippen LogP contribution in [-0.2, 0) is 0 Å². The summed E-state index contributed by atoms with van der Waals surface area (Å²) in [5, 5.41) is 17.1. The maximum absolute atomic E-state index is 14.5. The maximum Gasteiger partial charge on any atom is 0.180 e. The number of rotatable bonds is 5. The van der Waals surface area contributed by atoms with Gasteiger partial charge in [0.2, 0.25) is 0 Å². The van der Waals surface area contributed by atoms with E-state index in [4.69, 9.17) is 0 Å². The third-order valence-electron chi connectivity index (χ3n) is 6.27. The molecule has 9 heteroatoms. The number of aliphatic hydroxyl groups is 1. The lowest BCUT2D eigenvalue weighted by atomic mass is 9.87. The molecule has 1 saturated carbocycles. The molecule has 1 fully saturated rings. The second-order valence-corrected chi connectivity index (χ2v) is 8.39. The van der Waals surface area contributed by atoms with Crippen molar-refractivity contribution in [2.75, 3.05) is 11.9 Å². The van der Waals surface area contributed by atoms with Crippen LogP contribution in [0.3, 0.4) is 0 Å². The topological polar surface area (TPSA) is 80.3 Å². The largest absolute Gasteiger partial charge is 0.396 e. The Bertz CT molecular complexity index is 1260. The van der Waals surface area contributed by atoms with Gasteiger partial charge in [-0.3, -0.25) is 9.08 Å². The minimum Gasteiger partial charge on any atom is -0.396 e. The fourth-order valence-corrected chi connectivity index (χ4v) is 4.39. The predicted octanol–water partition coefficient (Wildman–Crippen LogP) is 4.65. The van der Waals surface area contributed by atoms with Crippen LogP contribution in [-0.4, -0.2) is 35.9 Å². The molecule has 0 aliphatic heterocycles. The first-order valence-electron chi connectivity index (χ1n) is 10.7. The molecular formula is C23H24F2N6O. The smallest absolute Gasteiger partial charge is 0.180 e. The Labute approximate surface area is 183 Å². The number of hydrogen-bond donors (Lipinski definition) is 2. The van der Waals surface area contributed by atoms with Crippen LogP contribution >= 0.6 is 0 Å². The molecule has 7 nitrogen and oxygen atoms in total. The summed E-state index contributed by atoms with van der Waals surface area (Å²) in [6.45, 7) is 1.85. The number of nitrogens with one attached hydrogen (secondary N) is 1. The summed E-state index contributed by atoms with van der Waals surface area (Å²) in [7, 11) is 0. The predicted molar refractivity (Wildman–Crippen MR) is 117 cm³/mol. The van der Waals surface area contributed by atoms with Crippen LogP contribution in [0, 0.1) is 24.5 Å². The first kappa shape index (κ1) is 20.6. The van der Waals surface area contributed by atoms with Gasteiger partial charge in [-0.15, -0.1) is 0 Å². The molecule has 0 atom stereocenters. The van der Waals surface area contributed by atoms with Gasteiger partial charge in [0.25, 0.3) is 0 Å². The Balaban J connectivity index is 1.41. The van der Waals surface area contributed by atoms with Crippen molar-refractivity contribution in [3.05, 3.63) is 60.3 Å². The summed E-state index contributed by atoms with van der Waals surface area (Å²) in [5.41, 5.74) is 2.41. The molecule has 1 aromatic carbocycles. The number of fused-ring (bicyclic) bond motifs is 1. The van der Waals surface area contributed by atoms with E-state index in [9.17, 15) is 13.9 Å². The van der Waals surface area contributed by atoms with Crippen molar-refractivity contribution < 1.29 is 13.9 Å². The van der Waals surface area contributed by atoms with Crippen LogP contribution in [0.4, 0.5) is 20.3 Å². The van der Waals surface area contributed by atoms with Crippen LogP contribution in [0.1, 0.15) is 37.3 Å². The zero-order valence-corrected chi connectivity index (χ0v) is 17.7. The molecule has 0 amide bonds. The Morgan fingerprint density at radius 3 is 2.69 bits per heavy atom. The van der Waals surface area contributed by atoms with Gasteiger partial charge in [0.1, 0.15) is 11.6 Å². The maximum atomic E-state index is 14.5. The zero-order valence-electron chi connectivity index (χ0n) is 17.7. The molecule has 3 heterocycles. The number of benzene rings is 1. The zero-order chi connectivity index (χ0) is 22.2. The second kappa shape index (κ2) is 8.31. The standard InChI is InChI=1S/C23H24F2N6O/c1-14-8-18(20(25)9-19(14)24)21-11-27-22(23-26-6-7-30(21)23)29-16-10-28-31(12-16)17-4-2-15(13-32)3-5-17/h6-12,15,17,32H,2-5,13H2,1H3,(H,27,29). The first-order chi connectivity index (χ1) is 15.5. The van der Waals surface area contributed by atoms with Gasteiger partial charge < -0.3 is 10.4 Å². The monoisotopic (exact) mass is 438 g/mol. The molecule has 1 aliphatic carbocycles. The molecular weight excluding hydrogens is 414 g/mol. The molecule has 0 spiro atoms. The van der Waals surface area contributed by atoms with E-state index in [1.54, 1.807) is 36.1 Å². The molecule has 2 N–H and O–H groups in total. The number of imidazole rings is 1. The van der Waals surface area contributed by atoms with Crippen molar-refractivity contribution in [1.29, 1.82) is 0 Å². The van der Waals surface area contributed by atoms with Crippen molar-refractivity contribution in [2.24, 2.45) is 5.92 Å². The van der Waals surface area contributed by atoms with Crippen molar-refractivity contribution in [1.82, 2.24) is 24.1 Å². The molecule has 0 radical (unpaired) electrons. The SMILES string of the molecule is Cc1cc(-c2cnc(Nc3cnn(C4CCC(CO)CC4)c3)c3nccn23)c(F)cc1F. The van der Waals surface area contributed by atoms with E-state index < -0.39 is 11.6 Å². The summed E-state index contributed by atoms with van der Waals surface area (Å²) in [5.74, 6) is -0.323. The van der Waals surface area contributed by atoms with Crippen molar-refractivity contribution in [3.63, 3.8) is 0 Å². The summed E-state index contributed by atoms with van der Waals surface area (Å²) < 4.78 is 31.9. The van der Waals surface area contributed by atoms with Gasteiger partial charge in [0, 0.05) is 36.8 Å². The molecule has 5 rings (SSSR count). The van der Waals surface area contributed by atoms with E-state index >= 15 is 0 Å². The number of aromatic nitrogens is 5. The molecule has 0 bridgehead atoms. The summed E-state index contributed by atoms with van der Waals surface area (Å²) >= 11 is 0. The average molecular weight is 438 g/mol. The number of hydrogen-bond acceptors (Lipinski definition) is 5. The van der Waals surface area contributed by atoms with Crippen molar-refractivity contribution in [2.45, 2.75) is 38.6 Å². The molecule has 166 valence electrons. The minimum absolute atomic E-state index is 0.252. The molecule has 0 saturated heterocycles. The van der Waals surface area contributed by atoms with Gasteiger partial charge in [-0.05, 0) is 50.2 Å². The number of anilines is 2. The quantitative estimate of drug-likeness (QED) is 0.474. The third-order valence-corrected chi connectivity index (χ3v) is 6.27. The summed E-state index contributed by atoms with van der Waals surface area (Å²) in [6.07, 6.45) is 12.6. The lowest BCUT2D eigenvalue weighted by molar-refractivity contribution is 0.165. The van der Waals surface area contributed by atoms with E-state index in [0.29, 0.717) is 34.7 Å². The molecule has 0 unspecified atom stereocenters. The third kappa shape index (κ3) is 3.73. The van der Waals surface area contributed by atoms with Crippen LogP contribution in [0.2, 0.25) is 0 Å². The molecule has 3 aromatic heterocycles. The van der Waals surface area contributed by atoms with Gasteiger partial charge in [0.05, 0.1) is 29.8 Å². The lowest BCUT2D eigenvalue weighted by Gasteiger charge is -2.27. The van der Waals surface area contributed by atoms with Crippen LogP contribution < -0.4 is 5.32 Å². The van der Waals surface area contributed by atoms with Gasteiger partial charge in [-0.25, -0.2) is 18.7 Å². The van der Waals surface area contributed by atoms with E-state index in [1.165, 1.54) is 6.07 Å². The van der Waals surface area contributed by atoms with Gasteiger partial charge >= 0.3 is 0 Å². The van der Waals surface area contributed by atoms with Crippen LogP contribution in [0.25, 0.3) is 16.9 Å².